The number of sulfonamides is 1. The van der Waals surface area contributed by atoms with Gasteiger partial charge in [0.05, 0.1) is 16.3 Å². The Labute approximate surface area is 127 Å². The van der Waals surface area contributed by atoms with Gasteiger partial charge in [0.1, 0.15) is 0 Å². The van der Waals surface area contributed by atoms with Crippen LogP contribution >= 0.6 is 0 Å². The van der Waals surface area contributed by atoms with E-state index in [2.05, 4.69) is 23.5 Å². The normalized spacial score (nSPS) is 23.3. The van der Waals surface area contributed by atoms with Crippen molar-refractivity contribution in [2.45, 2.75) is 32.1 Å². The van der Waals surface area contributed by atoms with Gasteiger partial charge in [0.2, 0.25) is 10.0 Å². The monoisotopic (exact) mass is 311 g/mol. The lowest BCUT2D eigenvalue weighted by Gasteiger charge is -2.37. The lowest BCUT2D eigenvalue weighted by atomic mass is 9.88. The molecule has 5 nitrogen and oxygen atoms in total. The second kappa shape index (κ2) is 6.23. The van der Waals surface area contributed by atoms with Crippen LogP contribution in [0.5, 0.6) is 0 Å². The van der Waals surface area contributed by atoms with Crippen molar-refractivity contribution in [3.63, 3.8) is 0 Å². The summed E-state index contributed by atoms with van der Waals surface area (Å²) in [7, 11) is -3.44. The molecule has 1 aromatic carbocycles. The first-order valence-electron chi connectivity index (χ1n) is 7.49. The van der Waals surface area contributed by atoms with Crippen LogP contribution < -0.4 is 15.4 Å². The zero-order chi connectivity index (χ0) is 15.6. The second-order valence-corrected chi connectivity index (χ2v) is 7.68. The number of nitrogen functional groups attached to an aromatic ring is 1. The molecule has 1 heterocycles. The number of hydrogen-bond donors (Lipinski definition) is 2. The summed E-state index contributed by atoms with van der Waals surface area (Å²) < 4.78 is 26.8. The van der Waals surface area contributed by atoms with Crippen LogP contribution in [0.3, 0.4) is 0 Å². The number of rotatable bonds is 4. The molecule has 1 aromatic rings. The SMILES string of the molecule is CCNS(=O)(=O)c1ccc(N)c(N2CCC(C)C(C)C2)c1. The van der Waals surface area contributed by atoms with E-state index in [1.807, 2.05) is 0 Å². The smallest absolute Gasteiger partial charge is 0.240 e. The van der Waals surface area contributed by atoms with Crippen molar-refractivity contribution in [2.24, 2.45) is 11.8 Å². The summed E-state index contributed by atoms with van der Waals surface area (Å²) >= 11 is 0. The van der Waals surface area contributed by atoms with E-state index < -0.39 is 10.0 Å². The van der Waals surface area contributed by atoms with Crippen LogP contribution in [0, 0.1) is 11.8 Å². The van der Waals surface area contributed by atoms with E-state index in [4.69, 9.17) is 5.73 Å². The summed E-state index contributed by atoms with van der Waals surface area (Å²) in [5.41, 5.74) is 7.52. The van der Waals surface area contributed by atoms with Crippen molar-refractivity contribution in [3.8, 4) is 0 Å². The van der Waals surface area contributed by atoms with Gasteiger partial charge in [-0.05, 0) is 36.5 Å². The predicted octanol–water partition coefficient (Wildman–Crippen LogP) is 2.05. The molecule has 0 spiro atoms. The maximum Gasteiger partial charge on any atom is 0.240 e. The third kappa shape index (κ3) is 3.49. The van der Waals surface area contributed by atoms with Gasteiger partial charge in [-0.2, -0.15) is 0 Å². The van der Waals surface area contributed by atoms with Gasteiger partial charge < -0.3 is 10.6 Å². The largest absolute Gasteiger partial charge is 0.397 e. The number of nitrogens with two attached hydrogens (primary N) is 1. The Hall–Kier alpha value is -1.27. The molecule has 21 heavy (non-hydrogen) atoms. The first-order valence-corrected chi connectivity index (χ1v) is 8.97. The van der Waals surface area contributed by atoms with Gasteiger partial charge in [-0.1, -0.05) is 20.8 Å². The molecule has 6 heteroatoms. The van der Waals surface area contributed by atoms with Crippen LogP contribution in [-0.2, 0) is 10.0 Å². The molecule has 2 atom stereocenters. The predicted molar refractivity (Wildman–Crippen MR) is 86.9 cm³/mol. The van der Waals surface area contributed by atoms with Gasteiger partial charge in [-0.3, -0.25) is 0 Å². The van der Waals surface area contributed by atoms with E-state index in [9.17, 15) is 8.42 Å². The molecular weight excluding hydrogens is 286 g/mol. The van der Waals surface area contributed by atoms with E-state index in [0.29, 0.717) is 24.1 Å². The van der Waals surface area contributed by atoms with Crippen LogP contribution in [0.4, 0.5) is 11.4 Å². The minimum Gasteiger partial charge on any atom is -0.397 e. The van der Waals surface area contributed by atoms with Crippen LogP contribution in [0.25, 0.3) is 0 Å². The van der Waals surface area contributed by atoms with E-state index >= 15 is 0 Å². The molecule has 1 saturated heterocycles. The van der Waals surface area contributed by atoms with Gasteiger partial charge in [-0.15, -0.1) is 0 Å². The summed E-state index contributed by atoms with van der Waals surface area (Å²) in [6.45, 7) is 8.46. The lowest BCUT2D eigenvalue weighted by molar-refractivity contribution is 0.324. The van der Waals surface area contributed by atoms with Crippen LogP contribution in [0.1, 0.15) is 27.2 Å². The molecule has 1 fully saturated rings. The van der Waals surface area contributed by atoms with Crippen LogP contribution in [0.2, 0.25) is 0 Å². The van der Waals surface area contributed by atoms with E-state index in [-0.39, 0.29) is 4.90 Å². The number of anilines is 2. The van der Waals surface area contributed by atoms with Crippen molar-refractivity contribution in [3.05, 3.63) is 18.2 Å². The first-order chi connectivity index (χ1) is 9.85. The van der Waals surface area contributed by atoms with Gasteiger partial charge in [0, 0.05) is 19.6 Å². The van der Waals surface area contributed by atoms with E-state index in [1.165, 1.54) is 0 Å². The van der Waals surface area contributed by atoms with Crippen molar-refractivity contribution in [1.82, 2.24) is 4.72 Å². The second-order valence-electron chi connectivity index (χ2n) is 5.91. The molecule has 2 unspecified atom stereocenters. The van der Waals surface area contributed by atoms with E-state index in [0.717, 1.165) is 25.2 Å². The number of nitrogens with one attached hydrogen (secondary N) is 1. The maximum atomic E-state index is 12.1. The van der Waals surface area contributed by atoms with Crippen LogP contribution in [0.15, 0.2) is 23.1 Å². The molecule has 0 aromatic heterocycles. The van der Waals surface area contributed by atoms with Gasteiger partial charge in [0.15, 0.2) is 0 Å². The Morgan fingerprint density at radius 1 is 1.33 bits per heavy atom. The highest BCUT2D eigenvalue weighted by Crippen LogP contribution is 2.32. The fraction of sp³-hybridized carbons (Fsp3) is 0.600. The van der Waals surface area contributed by atoms with Crippen molar-refractivity contribution >= 4 is 21.4 Å². The Kier molecular flexibility index (Phi) is 4.78. The average Bonchev–Trinajstić information content (AvgIpc) is 2.42. The minimum atomic E-state index is -3.44. The summed E-state index contributed by atoms with van der Waals surface area (Å²) in [5.74, 6) is 1.27. The van der Waals surface area contributed by atoms with Crippen LogP contribution in [-0.4, -0.2) is 28.1 Å². The molecule has 0 bridgehead atoms. The molecule has 118 valence electrons. The summed E-state index contributed by atoms with van der Waals surface area (Å²) in [6.07, 6.45) is 1.10. The lowest BCUT2D eigenvalue weighted by Crippen LogP contribution is -2.38. The standard InChI is InChI=1S/C15H25N3O2S/c1-4-17-21(19,20)13-5-6-14(16)15(9-13)18-8-7-11(2)12(3)10-18/h5-6,9,11-12,17H,4,7-8,10,16H2,1-3H3. The molecule has 0 radical (unpaired) electrons. The Morgan fingerprint density at radius 3 is 2.67 bits per heavy atom. The fourth-order valence-electron chi connectivity index (χ4n) is 2.72. The topological polar surface area (TPSA) is 75.4 Å². The van der Waals surface area contributed by atoms with Gasteiger partial charge >= 0.3 is 0 Å². The Bertz CT molecular complexity index is 601. The highest BCUT2D eigenvalue weighted by Gasteiger charge is 2.25. The van der Waals surface area contributed by atoms with Crippen molar-refractivity contribution in [2.75, 3.05) is 30.3 Å². The molecule has 1 aliphatic rings. The maximum absolute atomic E-state index is 12.1. The van der Waals surface area contributed by atoms with E-state index in [1.54, 1.807) is 25.1 Å². The average molecular weight is 311 g/mol. The third-order valence-electron chi connectivity index (χ3n) is 4.32. The molecule has 1 aliphatic heterocycles. The number of nitrogens with zero attached hydrogens (tertiary/aromatic N) is 1. The molecular formula is C15H25N3O2S. The molecule has 0 amide bonds. The number of benzene rings is 1. The first kappa shape index (κ1) is 16.1. The molecule has 2 rings (SSSR count). The van der Waals surface area contributed by atoms with Crippen molar-refractivity contribution < 1.29 is 8.42 Å². The summed E-state index contributed by atoms with van der Waals surface area (Å²) in [4.78, 5) is 2.48. The fourth-order valence-corrected chi connectivity index (χ4v) is 3.78. The Morgan fingerprint density at radius 2 is 2.05 bits per heavy atom. The number of hydrogen-bond acceptors (Lipinski definition) is 4. The summed E-state index contributed by atoms with van der Waals surface area (Å²) in [6, 6.07) is 4.94. The highest BCUT2D eigenvalue weighted by atomic mass is 32.2. The van der Waals surface area contributed by atoms with Crippen molar-refractivity contribution in [1.29, 1.82) is 0 Å². The third-order valence-corrected chi connectivity index (χ3v) is 5.86. The quantitative estimate of drug-likeness (QED) is 0.835. The highest BCUT2D eigenvalue weighted by molar-refractivity contribution is 7.89. The van der Waals surface area contributed by atoms with Gasteiger partial charge in [0.25, 0.3) is 0 Å². The minimum absolute atomic E-state index is 0.278. The Balaban J connectivity index is 2.32. The summed E-state index contributed by atoms with van der Waals surface area (Å²) in [5, 5.41) is 0. The molecule has 0 saturated carbocycles. The zero-order valence-electron chi connectivity index (χ0n) is 13.0. The van der Waals surface area contributed by atoms with Gasteiger partial charge in [-0.25, -0.2) is 13.1 Å². The molecule has 3 N–H and O–H groups in total. The number of piperidine rings is 1. The molecule has 0 aliphatic carbocycles. The zero-order valence-corrected chi connectivity index (χ0v) is 13.8.